The lowest BCUT2D eigenvalue weighted by atomic mass is 10.0. The van der Waals surface area contributed by atoms with Crippen molar-refractivity contribution in [2.24, 2.45) is 10.9 Å². The Morgan fingerprint density at radius 3 is 2.70 bits per heavy atom. The molecule has 0 radical (unpaired) electrons. The molecule has 4 rings (SSSR count). The first-order valence-electron chi connectivity index (χ1n) is 12.1. The van der Waals surface area contributed by atoms with Crippen molar-refractivity contribution in [2.75, 3.05) is 18.4 Å². The third-order valence-electron chi connectivity index (χ3n) is 6.11. The topological polar surface area (TPSA) is 82.6 Å². The summed E-state index contributed by atoms with van der Waals surface area (Å²) in [5.41, 5.74) is 4.41. The van der Waals surface area contributed by atoms with Gasteiger partial charge in [0.1, 0.15) is 0 Å². The van der Waals surface area contributed by atoms with Crippen LogP contribution < -0.4 is 16.0 Å². The Kier molecular flexibility index (Phi) is 7.43. The molecule has 6 heteroatoms. The van der Waals surface area contributed by atoms with Crippen molar-refractivity contribution in [1.82, 2.24) is 10.6 Å². The number of guanidine groups is 1. The number of carbonyl (C=O) groups excluding carboxylic acids is 2. The molecule has 33 heavy (non-hydrogen) atoms. The molecule has 2 aromatic carbocycles. The molecule has 1 heterocycles. The second kappa shape index (κ2) is 10.6. The van der Waals surface area contributed by atoms with Crippen LogP contribution in [0.25, 0.3) is 0 Å². The molecule has 1 aliphatic carbocycles. The van der Waals surface area contributed by atoms with Crippen LogP contribution in [0.15, 0.2) is 47.5 Å². The van der Waals surface area contributed by atoms with Crippen molar-refractivity contribution in [1.29, 1.82) is 0 Å². The maximum Gasteiger partial charge on any atom is 0.257 e. The molecule has 1 saturated carbocycles. The van der Waals surface area contributed by atoms with Gasteiger partial charge in [-0.2, -0.15) is 0 Å². The van der Waals surface area contributed by atoms with Gasteiger partial charge in [-0.25, -0.2) is 0 Å². The number of benzene rings is 2. The van der Waals surface area contributed by atoms with Crippen molar-refractivity contribution in [3.8, 4) is 0 Å². The first kappa shape index (κ1) is 23.0. The highest BCUT2D eigenvalue weighted by molar-refractivity contribution is 6.06. The molecule has 1 fully saturated rings. The van der Waals surface area contributed by atoms with Gasteiger partial charge in [0, 0.05) is 42.0 Å². The highest BCUT2D eigenvalue weighted by Crippen LogP contribution is 2.44. The fourth-order valence-corrected chi connectivity index (χ4v) is 4.09. The van der Waals surface area contributed by atoms with E-state index in [9.17, 15) is 9.59 Å². The summed E-state index contributed by atoms with van der Waals surface area (Å²) in [5.74, 6) is 1.67. The zero-order chi connectivity index (χ0) is 23.2. The average Bonchev–Trinajstić information content (AvgIpc) is 3.65. The average molecular weight is 447 g/mol. The Labute approximate surface area is 196 Å². The second-order valence-electron chi connectivity index (χ2n) is 9.46. The molecule has 1 aliphatic heterocycles. The van der Waals surface area contributed by atoms with Gasteiger partial charge >= 0.3 is 0 Å². The van der Waals surface area contributed by atoms with E-state index in [2.05, 4.69) is 34.8 Å². The SMILES string of the molecule is CC(C)CCCC(=O)c1cccc(Nc2ccc(C(=O)NC3=NCCCN3)cc2C2CC2)c1. The Hall–Kier alpha value is -3.15. The summed E-state index contributed by atoms with van der Waals surface area (Å²) in [7, 11) is 0. The summed E-state index contributed by atoms with van der Waals surface area (Å²) in [6.07, 6.45) is 5.81. The summed E-state index contributed by atoms with van der Waals surface area (Å²) in [6, 6.07) is 13.5. The van der Waals surface area contributed by atoms with Gasteiger partial charge in [-0.15, -0.1) is 0 Å². The number of Topliss-reactive ketones (excluding diaryl/α,β-unsaturated/α-hetero) is 1. The first-order valence-corrected chi connectivity index (χ1v) is 12.1. The zero-order valence-corrected chi connectivity index (χ0v) is 19.6. The molecular weight excluding hydrogens is 412 g/mol. The molecule has 0 bridgehead atoms. The molecule has 0 atom stereocenters. The van der Waals surface area contributed by atoms with Crippen LogP contribution in [0, 0.1) is 5.92 Å². The highest BCUT2D eigenvalue weighted by atomic mass is 16.2. The number of carbonyl (C=O) groups is 2. The van der Waals surface area contributed by atoms with E-state index < -0.39 is 0 Å². The molecule has 3 N–H and O–H groups in total. The van der Waals surface area contributed by atoms with Crippen molar-refractivity contribution in [2.45, 2.75) is 58.3 Å². The smallest absolute Gasteiger partial charge is 0.257 e. The Balaban J connectivity index is 1.46. The predicted molar refractivity (Wildman–Crippen MR) is 134 cm³/mol. The van der Waals surface area contributed by atoms with Crippen molar-refractivity contribution in [3.05, 3.63) is 59.2 Å². The van der Waals surface area contributed by atoms with E-state index in [4.69, 9.17) is 0 Å². The molecule has 0 aromatic heterocycles. The predicted octanol–water partition coefficient (Wildman–Crippen LogP) is 5.40. The fraction of sp³-hybridized carbons (Fsp3) is 0.444. The minimum atomic E-state index is -0.148. The molecule has 174 valence electrons. The molecule has 2 aliphatic rings. The quantitative estimate of drug-likeness (QED) is 0.451. The van der Waals surface area contributed by atoms with Crippen LogP contribution >= 0.6 is 0 Å². The lowest BCUT2D eigenvalue weighted by molar-refractivity contribution is 0.0968. The summed E-state index contributed by atoms with van der Waals surface area (Å²) in [5, 5.41) is 9.49. The Morgan fingerprint density at radius 1 is 1.12 bits per heavy atom. The normalized spacial score (nSPS) is 15.5. The molecule has 0 saturated heterocycles. The van der Waals surface area contributed by atoms with Gasteiger partial charge < -0.3 is 10.6 Å². The van der Waals surface area contributed by atoms with Crippen LogP contribution in [0.5, 0.6) is 0 Å². The van der Waals surface area contributed by atoms with Crippen LogP contribution in [0.1, 0.15) is 84.6 Å². The summed E-state index contributed by atoms with van der Waals surface area (Å²) >= 11 is 0. The number of anilines is 2. The molecular formula is C27H34N4O2. The molecule has 1 amide bonds. The van der Waals surface area contributed by atoms with Gasteiger partial charge in [-0.05, 0) is 73.4 Å². The number of amides is 1. The minimum absolute atomic E-state index is 0.148. The Morgan fingerprint density at radius 2 is 1.97 bits per heavy atom. The Bertz CT molecular complexity index is 1040. The second-order valence-corrected chi connectivity index (χ2v) is 9.46. The van der Waals surface area contributed by atoms with E-state index in [-0.39, 0.29) is 11.7 Å². The van der Waals surface area contributed by atoms with E-state index in [1.165, 1.54) is 0 Å². The third kappa shape index (κ3) is 6.44. The van der Waals surface area contributed by atoms with Crippen LogP contribution in [-0.2, 0) is 0 Å². The number of rotatable bonds is 9. The van der Waals surface area contributed by atoms with Gasteiger partial charge in [0.2, 0.25) is 0 Å². The summed E-state index contributed by atoms with van der Waals surface area (Å²) < 4.78 is 0. The van der Waals surface area contributed by atoms with E-state index in [1.807, 2.05) is 42.5 Å². The summed E-state index contributed by atoms with van der Waals surface area (Å²) in [4.78, 5) is 29.7. The van der Waals surface area contributed by atoms with E-state index in [1.54, 1.807) is 0 Å². The number of aliphatic imine (C=N–C) groups is 1. The van der Waals surface area contributed by atoms with E-state index in [0.29, 0.717) is 29.8 Å². The molecule has 0 spiro atoms. The van der Waals surface area contributed by atoms with Crippen LogP contribution in [0.4, 0.5) is 11.4 Å². The van der Waals surface area contributed by atoms with Crippen molar-refractivity contribution < 1.29 is 9.59 Å². The molecule has 0 unspecified atom stereocenters. The largest absolute Gasteiger partial charge is 0.356 e. The number of ketones is 1. The van der Waals surface area contributed by atoms with Gasteiger partial charge in [-0.1, -0.05) is 32.4 Å². The monoisotopic (exact) mass is 446 g/mol. The summed E-state index contributed by atoms with van der Waals surface area (Å²) in [6.45, 7) is 5.93. The molecule has 6 nitrogen and oxygen atoms in total. The lowest BCUT2D eigenvalue weighted by Crippen LogP contribution is -2.43. The number of hydrogen-bond acceptors (Lipinski definition) is 5. The zero-order valence-electron chi connectivity index (χ0n) is 19.6. The van der Waals surface area contributed by atoms with Gasteiger partial charge in [0.05, 0.1) is 0 Å². The lowest BCUT2D eigenvalue weighted by Gasteiger charge is -2.17. The highest BCUT2D eigenvalue weighted by Gasteiger charge is 2.27. The standard InChI is InChI=1S/C27H34N4O2/c1-18(2)6-3-9-25(32)20-7-4-8-22(16-20)30-24-13-12-21(17-23(24)19-10-11-19)26(33)31-27-28-14-5-15-29-27/h4,7-8,12-13,16-19,30H,3,5-6,9-11,14-15H2,1-2H3,(H2,28,29,31,33). The van der Waals surface area contributed by atoms with E-state index in [0.717, 1.165) is 67.7 Å². The van der Waals surface area contributed by atoms with Crippen LogP contribution in [0.3, 0.4) is 0 Å². The fourth-order valence-electron chi connectivity index (χ4n) is 4.09. The van der Waals surface area contributed by atoms with Crippen molar-refractivity contribution in [3.63, 3.8) is 0 Å². The van der Waals surface area contributed by atoms with Gasteiger partial charge in [0.15, 0.2) is 11.7 Å². The first-order chi connectivity index (χ1) is 16.0. The van der Waals surface area contributed by atoms with Crippen LogP contribution in [0.2, 0.25) is 0 Å². The number of nitrogens with zero attached hydrogens (tertiary/aromatic N) is 1. The maximum atomic E-state index is 12.7. The third-order valence-corrected chi connectivity index (χ3v) is 6.11. The van der Waals surface area contributed by atoms with E-state index >= 15 is 0 Å². The van der Waals surface area contributed by atoms with Gasteiger partial charge in [-0.3, -0.25) is 19.9 Å². The van der Waals surface area contributed by atoms with Crippen molar-refractivity contribution >= 4 is 29.0 Å². The maximum absolute atomic E-state index is 12.7. The van der Waals surface area contributed by atoms with Crippen LogP contribution in [-0.4, -0.2) is 30.7 Å². The number of hydrogen-bond donors (Lipinski definition) is 3. The molecule has 2 aromatic rings. The van der Waals surface area contributed by atoms with Gasteiger partial charge in [0.25, 0.3) is 5.91 Å². The minimum Gasteiger partial charge on any atom is -0.356 e. The number of nitrogens with one attached hydrogen (secondary N) is 3.